The van der Waals surface area contributed by atoms with Gasteiger partial charge in [0, 0.05) is 17.9 Å². The molecule has 5 heteroatoms. The minimum Gasteiger partial charge on any atom is -0.399 e. The largest absolute Gasteiger partial charge is 0.399 e. The van der Waals surface area contributed by atoms with E-state index in [2.05, 4.69) is 0 Å². The summed E-state index contributed by atoms with van der Waals surface area (Å²) in [5.74, 6) is 0.174. The quantitative estimate of drug-likeness (QED) is 0.781. The number of hydrogen-bond acceptors (Lipinski definition) is 4. The average Bonchev–Trinajstić information content (AvgIpc) is 3.18. The zero-order valence-corrected chi connectivity index (χ0v) is 12.6. The van der Waals surface area contributed by atoms with Gasteiger partial charge in [-0.1, -0.05) is 19.1 Å². The summed E-state index contributed by atoms with van der Waals surface area (Å²) in [6.07, 6.45) is 2.33. The molecular weight excluding hydrogens is 274 g/mol. The molecule has 1 saturated carbocycles. The zero-order chi connectivity index (χ0) is 14.8. The molecule has 0 aromatic heterocycles. The van der Waals surface area contributed by atoms with Crippen molar-refractivity contribution < 1.29 is 13.2 Å². The Morgan fingerprint density at radius 1 is 1.20 bits per heavy atom. The van der Waals surface area contributed by atoms with Crippen LogP contribution in [0.3, 0.4) is 0 Å². The van der Waals surface area contributed by atoms with Crippen LogP contribution in [0, 0.1) is 0 Å². The Morgan fingerprint density at radius 2 is 1.80 bits per heavy atom. The Hall–Kier alpha value is -1.36. The van der Waals surface area contributed by atoms with Gasteiger partial charge in [0.15, 0.2) is 9.84 Å². The van der Waals surface area contributed by atoms with Crippen LogP contribution in [0.4, 0.5) is 5.69 Å². The second-order valence-electron chi connectivity index (χ2n) is 5.53. The fourth-order valence-electron chi connectivity index (χ4n) is 2.56. The number of sulfone groups is 1. The molecule has 0 atom stereocenters. The zero-order valence-electron chi connectivity index (χ0n) is 11.8. The van der Waals surface area contributed by atoms with E-state index in [-0.39, 0.29) is 23.7 Å². The fraction of sp³-hybridized carbons (Fsp3) is 0.533. The summed E-state index contributed by atoms with van der Waals surface area (Å²) < 4.78 is 23.4. The van der Waals surface area contributed by atoms with Gasteiger partial charge in [-0.2, -0.15) is 0 Å². The number of benzene rings is 1. The lowest BCUT2D eigenvalue weighted by atomic mass is 9.90. The second-order valence-corrected chi connectivity index (χ2v) is 7.83. The summed E-state index contributed by atoms with van der Waals surface area (Å²) >= 11 is 0. The van der Waals surface area contributed by atoms with Gasteiger partial charge in [0.25, 0.3) is 0 Å². The Kier molecular flexibility index (Phi) is 4.18. The van der Waals surface area contributed by atoms with Crippen LogP contribution in [-0.2, 0) is 20.0 Å². The lowest BCUT2D eigenvalue weighted by Gasteiger charge is -2.14. The number of rotatable bonds is 7. The first-order valence-electron chi connectivity index (χ1n) is 6.99. The molecule has 1 fully saturated rings. The third kappa shape index (κ3) is 3.20. The SMILES string of the molecule is CCCS(=O)(=O)CCC(=O)C1(c2ccc(N)cc2)CC1. The number of Topliss-reactive ketones (excluding diaryl/α,β-unsaturated/α-hetero) is 1. The van der Waals surface area contributed by atoms with Crippen LogP contribution >= 0.6 is 0 Å². The van der Waals surface area contributed by atoms with Crippen molar-refractivity contribution in [1.29, 1.82) is 0 Å². The highest BCUT2D eigenvalue weighted by Gasteiger charge is 2.50. The van der Waals surface area contributed by atoms with Gasteiger partial charge in [0.05, 0.1) is 11.2 Å². The summed E-state index contributed by atoms with van der Waals surface area (Å²) in [5, 5.41) is 0. The number of anilines is 1. The number of nitrogen functional groups attached to an aromatic ring is 1. The van der Waals surface area contributed by atoms with Crippen molar-refractivity contribution in [3.8, 4) is 0 Å². The molecule has 0 heterocycles. The molecule has 1 aromatic carbocycles. The maximum Gasteiger partial charge on any atom is 0.150 e. The van der Waals surface area contributed by atoms with E-state index in [0.29, 0.717) is 12.1 Å². The monoisotopic (exact) mass is 295 g/mol. The standard InChI is InChI=1S/C15H21NO3S/c1-2-10-20(18,19)11-7-14(17)15(8-9-15)12-3-5-13(16)6-4-12/h3-6H,2,7-11,16H2,1H3. The Morgan fingerprint density at radius 3 is 2.30 bits per heavy atom. The molecule has 0 bridgehead atoms. The van der Waals surface area contributed by atoms with E-state index in [1.807, 2.05) is 19.1 Å². The molecule has 0 unspecified atom stereocenters. The number of carbonyl (C=O) groups is 1. The van der Waals surface area contributed by atoms with Crippen LogP contribution in [0.25, 0.3) is 0 Å². The van der Waals surface area contributed by atoms with E-state index in [1.54, 1.807) is 12.1 Å². The Labute approximate surface area is 120 Å². The summed E-state index contributed by atoms with van der Waals surface area (Å²) in [6, 6.07) is 7.33. The Balaban J connectivity index is 2.04. The molecule has 1 aliphatic carbocycles. The summed E-state index contributed by atoms with van der Waals surface area (Å²) in [4.78, 5) is 12.4. The van der Waals surface area contributed by atoms with Crippen molar-refractivity contribution in [2.24, 2.45) is 0 Å². The smallest absolute Gasteiger partial charge is 0.150 e. The molecule has 0 spiro atoms. The highest BCUT2D eigenvalue weighted by Crippen LogP contribution is 2.49. The third-order valence-corrected chi connectivity index (χ3v) is 5.76. The van der Waals surface area contributed by atoms with Gasteiger partial charge in [0.1, 0.15) is 5.78 Å². The topological polar surface area (TPSA) is 77.2 Å². The lowest BCUT2D eigenvalue weighted by molar-refractivity contribution is -0.121. The second kappa shape index (κ2) is 5.56. The minimum atomic E-state index is -3.09. The van der Waals surface area contributed by atoms with E-state index in [9.17, 15) is 13.2 Å². The number of nitrogens with two attached hydrogens (primary N) is 1. The molecule has 1 aromatic rings. The van der Waals surface area contributed by atoms with Crippen LogP contribution in [0.15, 0.2) is 24.3 Å². The van der Waals surface area contributed by atoms with E-state index in [1.165, 1.54) is 0 Å². The van der Waals surface area contributed by atoms with Crippen molar-refractivity contribution in [3.05, 3.63) is 29.8 Å². The lowest BCUT2D eigenvalue weighted by Crippen LogP contribution is -2.24. The number of carbonyl (C=O) groups excluding carboxylic acids is 1. The van der Waals surface area contributed by atoms with Crippen LogP contribution in [-0.4, -0.2) is 25.7 Å². The summed E-state index contributed by atoms with van der Waals surface area (Å²) in [5.41, 5.74) is 6.83. The maximum atomic E-state index is 12.4. The molecule has 0 radical (unpaired) electrons. The van der Waals surface area contributed by atoms with Crippen molar-refractivity contribution in [1.82, 2.24) is 0 Å². The van der Waals surface area contributed by atoms with Crippen molar-refractivity contribution >= 4 is 21.3 Å². The minimum absolute atomic E-state index is 0.0314. The summed E-state index contributed by atoms with van der Waals surface area (Å²) in [6.45, 7) is 1.83. The number of hydrogen-bond donors (Lipinski definition) is 1. The van der Waals surface area contributed by atoms with E-state index < -0.39 is 15.3 Å². The van der Waals surface area contributed by atoms with Crippen LogP contribution in [0.2, 0.25) is 0 Å². The maximum absolute atomic E-state index is 12.4. The predicted molar refractivity (Wildman–Crippen MR) is 80.3 cm³/mol. The van der Waals surface area contributed by atoms with Crippen molar-refractivity contribution in [2.45, 2.75) is 38.0 Å². The third-order valence-electron chi connectivity index (χ3n) is 3.90. The average molecular weight is 295 g/mol. The van der Waals surface area contributed by atoms with Gasteiger partial charge < -0.3 is 5.73 Å². The van der Waals surface area contributed by atoms with Gasteiger partial charge in [-0.25, -0.2) is 8.42 Å². The van der Waals surface area contributed by atoms with E-state index >= 15 is 0 Å². The normalized spacial score (nSPS) is 16.9. The number of ketones is 1. The summed E-state index contributed by atoms with van der Waals surface area (Å²) in [7, 11) is -3.09. The van der Waals surface area contributed by atoms with Gasteiger partial charge in [-0.3, -0.25) is 4.79 Å². The molecule has 0 saturated heterocycles. The molecule has 0 amide bonds. The van der Waals surface area contributed by atoms with Crippen LogP contribution < -0.4 is 5.73 Å². The molecule has 20 heavy (non-hydrogen) atoms. The first-order valence-corrected chi connectivity index (χ1v) is 8.81. The highest BCUT2D eigenvalue weighted by molar-refractivity contribution is 7.91. The molecule has 4 nitrogen and oxygen atoms in total. The molecule has 0 aliphatic heterocycles. The van der Waals surface area contributed by atoms with Gasteiger partial charge in [-0.15, -0.1) is 0 Å². The molecule has 110 valence electrons. The van der Waals surface area contributed by atoms with Gasteiger partial charge in [-0.05, 0) is 37.0 Å². The van der Waals surface area contributed by atoms with E-state index in [4.69, 9.17) is 5.73 Å². The van der Waals surface area contributed by atoms with Crippen LogP contribution in [0.1, 0.15) is 38.2 Å². The molecular formula is C15H21NO3S. The van der Waals surface area contributed by atoms with Crippen molar-refractivity contribution in [3.63, 3.8) is 0 Å². The molecule has 2 N–H and O–H groups in total. The van der Waals surface area contributed by atoms with Gasteiger partial charge in [0.2, 0.25) is 0 Å². The first-order chi connectivity index (χ1) is 9.39. The van der Waals surface area contributed by atoms with E-state index in [0.717, 1.165) is 18.4 Å². The fourth-order valence-corrected chi connectivity index (χ4v) is 3.88. The molecule has 2 rings (SSSR count). The van der Waals surface area contributed by atoms with Crippen LogP contribution in [0.5, 0.6) is 0 Å². The van der Waals surface area contributed by atoms with Gasteiger partial charge >= 0.3 is 0 Å². The first kappa shape index (κ1) is 15.0. The predicted octanol–water partition coefficient (Wildman–Crippen LogP) is 2.08. The molecule has 1 aliphatic rings. The van der Waals surface area contributed by atoms with Crippen molar-refractivity contribution in [2.75, 3.05) is 17.2 Å². The highest BCUT2D eigenvalue weighted by atomic mass is 32.2. The Bertz CT molecular complexity index is 586.